The Bertz CT molecular complexity index is 599. The first-order valence-electron chi connectivity index (χ1n) is 6.83. The van der Waals surface area contributed by atoms with Gasteiger partial charge in [-0.25, -0.2) is 8.78 Å². The molecule has 21 heavy (non-hydrogen) atoms. The van der Waals surface area contributed by atoms with Crippen LogP contribution in [0.3, 0.4) is 0 Å². The van der Waals surface area contributed by atoms with Gasteiger partial charge in [0.15, 0.2) is 5.76 Å². The molecule has 2 fully saturated rings. The largest absolute Gasteiger partial charge is 0.459 e. The summed E-state index contributed by atoms with van der Waals surface area (Å²) >= 11 is 0. The van der Waals surface area contributed by atoms with Crippen molar-refractivity contribution >= 4 is 11.8 Å². The van der Waals surface area contributed by atoms with Gasteiger partial charge in [0.05, 0.1) is 18.2 Å². The smallest absolute Gasteiger partial charge is 0.290 e. The minimum atomic E-state index is -3.07. The van der Waals surface area contributed by atoms with Crippen LogP contribution in [0.5, 0.6) is 0 Å². The first-order valence-corrected chi connectivity index (χ1v) is 6.83. The molecule has 0 radical (unpaired) electrons. The summed E-state index contributed by atoms with van der Waals surface area (Å²) in [5.74, 6) is -4.00. The number of rotatable bonds is 1. The molecule has 5 nitrogen and oxygen atoms in total. The zero-order chi connectivity index (χ0) is 15.3. The van der Waals surface area contributed by atoms with Crippen LogP contribution in [-0.2, 0) is 4.79 Å². The molecule has 0 bridgehead atoms. The molecule has 2 aliphatic rings. The van der Waals surface area contributed by atoms with E-state index >= 15 is 0 Å². The molecule has 2 amide bonds. The number of nitrogens with one attached hydrogen (secondary N) is 1. The van der Waals surface area contributed by atoms with Crippen LogP contribution in [0.15, 0.2) is 16.7 Å². The highest BCUT2D eigenvalue weighted by molar-refractivity contribution is 5.94. The van der Waals surface area contributed by atoms with Gasteiger partial charge in [0.2, 0.25) is 5.91 Å². The summed E-state index contributed by atoms with van der Waals surface area (Å²) in [7, 11) is 0. The number of nitrogens with zero attached hydrogens (tertiary/aromatic N) is 1. The van der Waals surface area contributed by atoms with Crippen molar-refractivity contribution in [1.82, 2.24) is 10.2 Å². The molecule has 114 valence electrons. The number of carbonyl (C=O) groups excluding carboxylic acids is 2. The fourth-order valence-corrected chi connectivity index (χ4v) is 3.22. The maximum atomic E-state index is 14.0. The van der Waals surface area contributed by atoms with E-state index in [9.17, 15) is 18.4 Å². The number of amides is 2. The summed E-state index contributed by atoms with van der Waals surface area (Å²) < 4.78 is 33.1. The molecule has 3 heterocycles. The second kappa shape index (κ2) is 4.54. The summed E-state index contributed by atoms with van der Waals surface area (Å²) in [6.45, 7) is 1.38. The van der Waals surface area contributed by atoms with Crippen LogP contribution < -0.4 is 5.32 Å². The summed E-state index contributed by atoms with van der Waals surface area (Å²) in [6.07, 6.45) is 1.16. The van der Waals surface area contributed by atoms with Gasteiger partial charge in [0.25, 0.3) is 11.8 Å². The molecule has 3 rings (SSSR count). The average molecular weight is 298 g/mol. The molecule has 1 aromatic rings. The van der Waals surface area contributed by atoms with Gasteiger partial charge in [0, 0.05) is 25.1 Å². The quantitative estimate of drug-likeness (QED) is 0.856. The van der Waals surface area contributed by atoms with Crippen LogP contribution in [0, 0.1) is 12.3 Å². The number of hydrogen-bond donors (Lipinski definition) is 1. The Hall–Kier alpha value is -1.92. The van der Waals surface area contributed by atoms with Crippen molar-refractivity contribution in [2.45, 2.75) is 25.7 Å². The number of piperidine rings is 1. The summed E-state index contributed by atoms with van der Waals surface area (Å²) in [6, 6.07) is 1.60. The Labute approximate surface area is 120 Å². The molecule has 0 aliphatic carbocycles. The van der Waals surface area contributed by atoms with Crippen LogP contribution >= 0.6 is 0 Å². The van der Waals surface area contributed by atoms with E-state index in [0.29, 0.717) is 18.5 Å². The molecule has 0 saturated carbocycles. The van der Waals surface area contributed by atoms with E-state index in [1.165, 1.54) is 6.26 Å². The Balaban J connectivity index is 1.90. The lowest BCUT2D eigenvalue weighted by Gasteiger charge is -2.42. The summed E-state index contributed by atoms with van der Waals surface area (Å²) in [5, 5.41) is 2.59. The molecule has 1 N–H and O–H groups in total. The normalized spacial score (nSPS) is 28.0. The molecule has 1 atom stereocenters. The number of halogens is 2. The summed E-state index contributed by atoms with van der Waals surface area (Å²) in [5.41, 5.74) is -0.587. The van der Waals surface area contributed by atoms with Gasteiger partial charge >= 0.3 is 0 Å². The lowest BCUT2D eigenvalue weighted by Crippen LogP contribution is -2.56. The number of furan rings is 1. The fraction of sp³-hybridized carbons (Fsp3) is 0.571. The van der Waals surface area contributed by atoms with Crippen molar-refractivity contribution in [3.05, 3.63) is 23.7 Å². The number of alkyl halides is 2. The zero-order valence-corrected chi connectivity index (χ0v) is 11.6. The Kier molecular flexibility index (Phi) is 3.04. The molecular weight excluding hydrogens is 282 g/mol. The van der Waals surface area contributed by atoms with E-state index < -0.39 is 36.1 Å². The molecule has 2 saturated heterocycles. The highest BCUT2D eigenvalue weighted by Gasteiger charge is 2.56. The molecular formula is C14H16F2N2O3. The fourth-order valence-electron chi connectivity index (χ4n) is 3.22. The zero-order valence-electron chi connectivity index (χ0n) is 11.6. The van der Waals surface area contributed by atoms with E-state index in [0.717, 1.165) is 4.90 Å². The van der Waals surface area contributed by atoms with Gasteiger partial charge in [0.1, 0.15) is 0 Å². The van der Waals surface area contributed by atoms with Crippen LogP contribution in [0.1, 0.15) is 29.0 Å². The molecule has 0 aromatic carbocycles. The minimum Gasteiger partial charge on any atom is -0.459 e. The van der Waals surface area contributed by atoms with Gasteiger partial charge < -0.3 is 14.6 Å². The monoisotopic (exact) mass is 298 g/mol. The van der Waals surface area contributed by atoms with Crippen molar-refractivity contribution in [3.63, 3.8) is 0 Å². The van der Waals surface area contributed by atoms with Gasteiger partial charge in [-0.2, -0.15) is 0 Å². The molecule has 7 heteroatoms. The van der Waals surface area contributed by atoms with Gasteiger partial charge in [-0.05, 0) is 19.4 Å². The molecule has 1 unspecified atom stereocenters. The van der Waals surface area contributed by atoms with Gasteiger partial charge in [-0.1, -0.05) is 0 Å². The van der Waals surface area contributed by atoms with Crippen molar-refractivity contribution in [2.24, 2.45) is 5.41 Å². The number of carbonyl (C=O) groups is 2. The third-order valence-corrected chi connectivity index (χ3v) is 4.23. The van der Waals surface area contributed by atoms with Crippen LogP contribution in [0.4, 0.5) is 8.78 Å². The van der Waals surface area contributed by atoms with Crippen molar-refractivity contribution in [2.75, 3.05) is 19.6 Å². The average Bonchev–Trinajstić information content (AvgIpc) is 2.95. The Morgan fingerprint density at radius 1 is 1.43 bits per heavy atom. The van der Waals surface area contributed by atoms with Crippen LogP contribution in [0.2, 0.25) is 0 Å². The first kappa shape index (κ1) is 14.0. The van der Waals surface area contributed by atoms with Gasteiger partial charge in [-0.15, -0.1) is 0 Å². The number of aryl methyl sites for hydroxylation is 1. The second-order valence-electron chi connectivity index (χ2n) is 5.91. The second-order valence-corrected chi connectivity index (χ2v) is 5.91. The van der Waals surface area contributed by atoms with E-state index in [2.05, 4.69) is 5.32 Å². The molecule has 2 aliphatic heterocycles. The van der Waals surface area contributed by atoms with Crippen LogP contribution in [0.25, 0.3) is 0 Å². The molecule has 1 aromatic heterocycles. The van der Waals surface area contributed by atoms with E-state index in [-0.39, 0.29) is 12.3 Å². The Morgan fingerprint density at radius 3 is 2.76 bits per heavy atom. The highest BCUT2D eigenvalue weighted by atomic mass is 19.3. The van der Waals surface area contributed by atoms with Crippen molar-refractivity contribution < 1.29 is 22.8 Å². The summed E-state index contributed by atoms with van der Waals surface area (Å²) in [4.78, 5) is 25.4. The van der Waals surface area contributed by atoms with E-state index in [1.54, 1.807) is 13.0 Å². The minimum absolute atomic E-state index is 0.00734. The maximum absolute atomic E-state index is 14.0. The molecule has 1 spiro atoms. The Morgan fingerprint density at radius 2 is 2.19 bits per heavy atom. The third-order valence-electron chi connectivity index (χ3n) is 4.23. The van der Waals surface area contributed by atoms with Crippen LogP contribution in [-0.4, -0.2) is 42.3 Å². The van der Waals surface area contributed by atoms with E-state index in [1.807, 2.05) is 0 Å². The third kappa shape index (κ3) is 2.30. The number of hydrogen-bond acceptors (Lipinski definition) is 3. The lowest BCUT2D eigenvalue weighted by atomic mass is 9.77. The van der Waals surface area contributed by atoms with Gasteiger partial charge in [-0.3, -0.25) is 9.59 Å². The SMILES string of the molecule is Cc1ccoc1C(=O)N1CC(F)(F)CC2(CCNC2=O)C1. The maximum Gasteiger partial charge on any atom is 0.290 e. The first-order chi connectivity index (χ1) is 9.83. The van der Waals surface area contributed by atoms with Crippen molar-refractivity contribution in [3.8, 4) is 0 Å². The number of likely N-dealkylation sites (tertiary alicyclic amines) is 1. The van der Waals surface area contributed by atoms with Crippen molar-refractivity contribution in [1.29, 1.82) is 0 Å². The van der Waals surface area contributed by atoms with E-state index in [4.69, 9.17) is 4.42 Å². The highest BCUT2D eigenvalue weighted by Crippen LogP contribution is 2.43. The predicted octanol–water partition coefficient (Wildman–Crippen LogP) is 1.58. The predicted molar refractivity (Wildman–Crippen MR) is 69.0 cm³/mol. The standard InChI is InChI=1S/C14H16F2N2O3/c1-9-2-5-21-10(9)11(19)18-7-13(3-4-17-12(13)20)6-14(15,16)8-18/h2,5H,3-4,6-8H2,1H3,(H,17,20). The lowest BCUT2D eigenvalue weighted by molar-refractivity contribution is -0.144. The topological polar surface area (TPSA) is 62.6 Å².